The number of nitrogens with one attached hydrogen (secondary N) is 2. The Morgan fingerprint density at radius 2 is 1.92 bits per heavy atom. The third kappa shape index (κ3) is 3.98. The van der Waals surface area contributed by atoms with Gasteiger partial charge >= 0.3 is 12.3 Å². The number of rotatable bonds is 2. The van der Waals surface area contributed by atoms with Crippen molar-refractivity contribution in [1.82, 2.24) is 10.6 Å². The van der Waals surface area contributed by atoms with E-state index in [-0.39, 0.29) is 23.2 Å². The van der Waals surface area contributed by atoms with Crippen LogP contribution >= 0.6 is 0 Å². The van der Waals surface area contributed by atoms with Crippen LogP contribution in [0.4, 0.5) is 18.0 Å². The molecule has 1 atom stereocenters. The van der Waals surface area contributed by atoms with Crippen molar-refractivity contribution in [2.75, 3.05) is 0 Å². The number of hydrogen-bond acceptors (Lipinski definition) is 3. The predicted octanol–water partition coefficient (Wildman–Crippen LogP) is 3.53. The van der Waals surface area contributed by atoms with Crippen LogP contribution in [0.5, 0.6) is 0 Å². The summed E-state index contributed by atoms with van der Waals surface area (Å²) in [5.74, 6) is -0.554. The first-order valence-electron chi connectivity index (χ1n) is 7.40. The number of halogens is 3. The lowest BCUT2D eigenvalue weighted by atomic mass is 9.96. The smallest absolute Gasteiger partial charge is 0.416 e. The minimum Gasteiger partial charge on any atom is -0.444 e. The molecule has 24 heavy (non-hydrogen) atoms. The molecule has 2 N–H and O–H groups in total. The zero-order valence-corrected chi connectivity index (χ0v) is 13.8. The molecule has 0 fully saturated rings. The van der Waals surface area contributed by atoms with Gasteiger partial charge in [0, 0.05) is 12.1 Å². The van der Waals surface area contributed by atoms with Crippen molar-refractivity contribution >= 4 is 12.0 Å². The summed E-state index contributed by atoms with van der Waals surface area (Å²) in [6.07, 6.45) is -5.33. The Labute approximate surface area is 137 Å². The standard InChI is InChI=1S/C16H19F3N2O3/c1-8(21-14(23)24-15(2,3)4)9-5-10-11(7-20-13(10)22)12(6-9)16(17,18)19/h5-6,8H,7H2,1-4H3,(H,20,22)(H,21,23). The van der Waals surface area contributed by atoms with Gasteiger partial charge in [0.2, 0.25) is 0 Å². The zero-order chi connectivity index (χ0) is 18.3. The summed E-state index contributed by atoms with van der Waals surface area (Å²) in [7, 11) is 0. The molecule has 8 heteroatoms. The minimum absolute atomic E-state index is 0.0161. The number of benzene rings is 1. The molecular weight excluding hydrogens is 325 g/mol. The first kappa shape index (κ1) is 18.1. The molecule has 2 rings (SSSR count). The van der Waals surface area contributed by atoms with Gasteiger partial charge in [-0.3, -0.25) is 4.79 Å². The van der Waals surface area contributed by atoms with Gasteiger partial charge in [0.1, 0.15) is 5.60 Å². The van der Waals surface area contributed by atoms with Crippen molar-refractivity contribution in [1.29, 1.82) is 0 Å². The van der Waals surface area contributed by atoms with Crippen molar-refractivity contribution < 1.29 is 27.5 Å². The maximum atomic E-state index is 13.2. The summed E-state index contributed by atoms with van der Waals surface area (Å²) in [4.78, 5) is 23.5. The SMILES string of the molecule is CC(NC(=O)OC(C)(C)C)c1cc2c(c(C(F)(F)F)c1)CNC2=O. The van der Waals surface area contributed by atoms with Crippen molar-refractivity contribution in [3.05, 3.63) is 34.4 Å². The van der Waals surface area contributed by atoms with Crippen LogP contribution in [-0.4, -0.2) is 17.6 Å². The summed E-state index contributed by atoms with van der Waals surface area (Å²) in [5.41, 5.74) is -1.49. The molecule has 0 saturated carbocycles. The minimum atomic E-state index is -4.59. The van der Waals surface area contributed by atoms with E-state index in [1.54, 1.807) is 20.8 Å². The monoisotopic (exact) mass is 344 g/mol. The number of ether oxygens (including phenoxy) is 1. The van der Waals surface area contributed by atoms with Gasteiger partial charge in [0.25, 0.3) is 5.91 Å². The molecule has 1 aromatic carbocycles. The number of alkyl carbamates (subject to hydrolysis) is 1. The summed E-state index contributed by atoms with van der Waals surface area (Å²) >= 11 is 0. The molecule has 1 aliphatic heterocycles. The van der Waals surface area contributed by atoms with E-state index in [4.69, 9.17) is 4.74 Å². The molecule has 0 radical (unpaired) electrons. The molecule has 1 heterocycles. The van der Waals surface area contributed by atoms with Crippen LogP contribution in [0.1, 0.15) is 60.8 Å². The van der Waals surface area contributed by atoms with Gasteiger partial charge in [0.15, 0.2) is 0 Å². The molecule has 0 aromatic heterocycles. The van der Waals surface area contributed by atoms with E-state index in [0.717, 1.165) is 6.07 Å². The second kappa shape index (κ2) is 5.99. The molecule has 5 nitrogen and oxygen atoms in total. The summed E-state index contributed by atoms with van der Waals surface area (Å²) in [6, 6.07) is 1.58. The van der Waals surface area contributed by atoms with Gasteiger partial charge < -0.3 is 15.4 Å². The van der Waals surface area contributed by atoms with Crippen molar-refractivity contribution in [2.24, 2.45) is 0 Å². The lowest BCUT2D eigenvalue weighted by Crippen LogP contribution is -2.34. The van der Waals surface area contributed by atoms with Gasteiger partial charge in [-0.05, 0) is 51.0 Å². The Morgan fingerprint density at radius 3 is 2.46 bits per heavy atom. The third-order valence-electron chi connectivity index (χ3n) is 3.48. The second-order valence-electron chi connectivity index (χ2n) is 6.64. The fourth-order valence-corrected chi connectivity index (χ4v) is 2.42. The van der Waals surface area contributed by atoms with Gasteiger partial charge in [0.05, 0.1) is 11.6 Å². The van der Waals surface area contributed by atoms with Crippen LogP contribution in [0.3, 0.4) is 0 Å². The molecule has 0 saturated heterocycles. The van der Waals surface area contributed by atoms with Crippen molar-refractivity contribution in [3.63, 3.8) is 0 Å². The van der Waals surface area contributed by atoms with E-state index in [9.17, 15) is 22.8 Å². The molecule has 132 valence electrons. The third-order valence-corrected chi connectivity index (χ3v) is 3.48. The zero-order valence-electron chi connectivity index (χ0n) is 13.8. The molecule has 0 spiro atoms. The lowest BCUT2D eigenvalue weighted by Gasteiger charge is -2.23. The van der Waals surface area contributed by atoms with E-state index in [2.05, 4.69) is 10.6 Å². The average Bonchev–Trinajstić information content (AvgIpc) is 2.76. The van der Waals surface area contributed by atoms with Crippen LogP contribution < -0.4 is 10.6 Å². The predicted molar refractivity (Wildman–Crippen MR) is 80.4 cm³/mol. The van der Waals surface area contributed by atoms with Gasteiger partial charge in [-0.1, -0.05) is 0 Å². The van der Waals surface area contributed by atoms with Gasteiger partial charge in [-0.25, -0.2) is 4.79 Å². The van der Waals surface area contributed by atoms with Crippen LogP contribution in [-0.2, 0) is 17.5 Å². The van der Waals surface area contributed by atoms with Crippen LogP contribution in [0, 0.1) is 0 Å². The molecule has 1 aromatic rings. The maximum absolute atomic E-state index is 13.2. The molecule has 0 aliphatic carbocycles. The second-order valence-corrected chi connectivity index (χ2v) is 6.64. The van der Waals surface area contributed by atoms with E-state index in [0.29, 0.717) is 0 Å². The Bertz CT molecular complexity index is 678. The normalized spacial score (nSPS) is 15.5. The van der Waals surface area contributed by atoms with Gasteiger partial charge in [-0.2, -0.15) is 13.2 Å². The van der Waals surface area contributed by atoms with Crippen LogP contribution in [0.25, 0.3) is 0 Å². The van der Waals surface area contributed by atoms with E-state index < -0.39 is 35.4 Å². The molecule has 0 bridgehead atoms. The molecule has 1 unspecified atom stereocenters. The Balaban J connectivity index is 2.32. The Kier molecular flexibility index (Phi) is 4.52. The Morgan fingerprint density at radius 1 is 1.29 bits per heavy atom. The highest BCUT2D eigenvalue weighted by Gasteiger charge is 2.38. The van der Waals surface area contributed by atoms with Crippen molar-refractivity contribution in [3.8, 4) is 0 Å². The molecular formula is C16H19F3N2O3. The number of hydrogen-bond donors (Lipinski definition) is 2. The fourth-order valence-electron chi connectivity index (χ4n) is 2.42. The van der Waals surface area contributed by atoms with Gasteiger partial charge in [-0.15, -0.1) is 0 Å². The number of fused-ring (bicyclic) bond motifs is 1. The Hall–Kier alpha value is -2.25. The first-order valence-corrected chi connectivity index (χ1v) is 7.40. The maximum Gasteiger partial charge on any atom is 0.416 e. The highest BCUT2D eigenvalue weighted by Crippen LogP contribution is 2.37. The summed E-state index contributed by atoms with van der Waals surface area (Å²) in [5, 5.41) is 4.86. The quantitative estimate of drug-likeness (QED) is 0.862. The molecule has 1 aliphatic rings. The first-order chi connectivity index (χ1) is 10.9. The number of carbonyl (C=O) groups is 2. The van der Waals surface area contributed by atoms with E-state index >= 15 is 0 Å². The van der Waals surface area contributed by atoms with E-state index in [1.807, 2.05) is 0 Å². The van der Waals surface area contributed by atoms with E-state index in [1.165, 1.54) is 13.0 Å². The number of alkyl halides is 3. The fraction of sp³-hybridized carbons (Fsp3) is 0.500. The summed E-state index contributed by atoms with van der Waals surface area (Å²) in [6.45, 7) is 6.41. The number of carbonyl (C=O) groups excluding carboxylic acids is 2. The largest absolute Gasteiger partial charge is 0.444 e. The lowest BCUT2D eigenvalue weighted by molar-refractivity contribution is -0.138. The van der Waals surface area contributed by atoms with Crippen LogP contribution in [0.2, 0.25) is 0 Å². The highest BCUT2D eigenvalue weighted by atomic mass is 19.4. The van der Waals surface area contributed by atoms with Crippen LogP contribution in [0.15, 0.2) is 12.1 Å². The molecule has 2 amide bonds. The average molecular weight is 344 g/mol. The summed E-state index contributed by atoms with van der Waals surface area (Å²) < 4.78 is 44.8. The highest BCUT2D eigenvalue weighted by molar-refractivity contribution is 5.99. The topological polar surface area (TPSA) is 67.4 Å². The van der Waals surface area contributed by atoms with Crippen molar-refractivity contribution in [2.45, 2.75) is 52.1 Å². The number of amides is 2.